The minimum absolute atomic E-state index is 0.0374. The van der Waals surface area contributed by atoms with Crippen molar-refractivity contribution in [2.45, 2.75) is 13.0 Å². The second-order valence-electron chi connectivity index (χ2n) is 3.33. The SMILES string of the molecule is CC(N)c1nnc(-c2c(F)cccc2Cl)o1. The number of halogens is 2. The van der Waals surface area contributed by atoms with E-state index in [0.717, 1.165) is 0 Å². The van der Waals surface area contributed by atoms with Gasteiger partial charge in [0.2, 0.25) is 5.89 Å². The van der Waals surface area contributed by atoms with Gasteiger partial charge in [-0.25, -0.2) is 4.39 Å². The lowest BCUT2D eigenvalue weighted by atomic mass is 10.2. The summed E-state index contributed by atoms with van der Waals surface area (Å²) in [6.07, 6.45) is 0. The van der Waals surface area contributed by atoms with Gasteiger partial charge in [0.05, 0.1) is 16.6 Å². The summed E-state index contributed by atoms with van der Waals surface area (Å²) in [5.74, 6) is -0.225. The van der Waals surface area contributed by atoms with E-state index in [-0.39, 0.29) is 22.4 Å². The largest absolute Gasteiger partial charge is 0.419 e. The van der Waals surface area contributed by atoms with E-state index in [1.165, 1.54) is 12.1 Å². The molecule has 6 heteroatoms. The van der Waals surface area contributed by atoms with Crippen LogP contribution in [0.1, 0.15) is 18.9 Å². The van der Waals surface area contributed by atoms with Crippen molar-refractivity contribution in [3.8, 4) is 11.5 Å². The molecule has 1 heterocycles. The summed E-state index contributed by atoms with van der Waals surface area (Å²) in [4.78, 5) is 0. The maximum Gasteiger partial charge on any atom is 0.252 e. The molecule has 1 atom stereocenters. The highest BCUT2D eigenvalue weighted by atomic mass is 35.5. The van der Waals surface area contributed by atoms with E-state index in [0.29, 0.717) is 0 Å². The highest BCUT2D eigenvalue weighted by Gasteiger charge is 2.17. The van der Waals surface area contributed by atoms with Crippen LogP contribution in [0.2, 0.25) is 5.02 Å². The summed E-state index contributed by atoms with van der Waals surface area (Å²) >= 11 is 5.85. The van der Waals surface area contributed by atoms with E-state index < -0.39 is 11.9 Å². The molecule has 2 rings (SSSR count). The van der Waals surface area contributed by atoms with Crippen molar-refractivity contribution in [3.05, 3.63) is 34.9 Å². The molecule has 1 aromatic heterocycles. The van der Waals surface area contributed by atoms with Gasteiger partial charge in [0.1, 0.15) is 5.82 Å². The summed E-state index contributed by atoms with van der Waals surface area (Å²) in [5, 5.41) is 7.64. The average molecular weight is 242 g/mol. The molecule has 1 aromatic carbocycles. The number of rotatable bonds is 2. The van der Waals surface area contributed by atoms with E-state index in [4.69, 9.17) is 21.8 Å². The Kier molecular flexibility index (Phi) is 2.89. The van der Waals surface area contributed by atoms with E-state index in [9.17, 15) is 4.39 Å². The van der Waals surface area contributed by atoms with Crippen LogP contribution in [0.5, 0.6) is 0 Å². The molecule has 4 nitrogen and oxygen atoms in total. The van der Waals surface area contributed by atoms with Crippen molar-refractivity contribution in [2.75, 3.05) is 0 Å². The predicted octanol–water partition coefficient (Wildman–Crippen LogP) is 2.55. The Morgan fingerprint density at radius 1 is 1.44 bits per heavy atom. The lowest BCUT2D eigenvalue weighted by Gasteiger charge is -2.00. The molecule has 0 radical (unpaired) electrons. The topological polar surface area (TPSA) is 64.9 Å². The van der Waals surface area contributed by atoms with Crippen LogP contribution >= 0.6 is 11.6 Å². The maximum absolute atomic E-state index is 13.5. The third-order valence-corrected chi connectivity index (χ3v) is 2.32. The Morgan fingerprint density at radius 2 is 2.19 bits per heavy atom. The summed E-state index contributed by atoms with van der Waals surface area (Å²) in [5.41, 5.74) is 5.66. The molecule has 0 saturated heterocycles. The smallest absolute Gasteiger partial charge is 0.252 e. The summed E-state index contributed by atoms with van der Waals surface area (Å²) in [7, 11) is 0. The summed E-state index contributed by atoms with van der Waals surface area (Å²) in [6.45, 7) is 1.69. The molecule has 2 aromatic rings. The third-order valence-electron chi connectivity index (χ3n) is 2.01. The van der Waals surface area contributed by atoms with Crippen molar-refractivity contribution in [1.29, 1.82) is 0 Å². The Bertz CT molecular complexity index is 492. The van der Waals surface area contributed by atoms with Gasteiger partial charge in [-0.2, -0.15) is 0 Å². The first-order chi connectivity index (χ1) is 7.59. The molecule has 1 unspecified atom stereocenters. The number of nitrogens with zero attached hydrogens (tertiary/aromatic N) is 2. The van der Waals surface area contributed by atoms with Gasteiger partial charge < -0.3 is 10.2 Å². The van der Waals surface area contributed by atoms with Crippen LogP contribution in [0.15, 0.2) is 22.6 Å². The van der Waals surface area contributed by atoms with Crippen LogP contribution < -0.4 is 5.73 Å². The Labute approximate surface area is 96.2 Å². The molecular formula is C10H9ClFN3O. The minimum Gasteiger partial charge on any atom is -0.419 e. The van der Waals surface area contributed by atoms with Crippen LogP contribution in [0, 0.1) is 5.82 Å². The average Bonchev–Trinajstić information content (AvgIpc) is 2.66. The third kappa shape index (κ3) is 1.91. The predicted molar refractivity (Wildman–Crippen MR) is 57.3 cm³/mol. The monoisotopic (exact) mass is 241 g/mol. The van der Waals surface area contributed by atoms with Crippen molar-refractivity contribution in [2.24, 2.45) is 5.73 Å². The van der Waals surface area contributed by atoms with Gasteiger partial charge >= 0.3 is 0 Å². The number of benzene rings is 1. The van der Waals surface area contributed by atoms with Gasteiger partial charge in [-0.15, -0.1) is 10.2 Å². The Hall–Kier alpha value is -1.46. The number of hydrogen-bond donors (Lipinski definition) is 1. The van der Waals surface area contributed by atoms with Crippen LogP contribution in [-0.2, 0) is 0 Å². The molecule has 0 bridgehead atoms. The molecular weight excluding hydrogens is 233 g/mol. The van der Waals surface area contributed by atoms with Crippen molar-refractivity contribution < 1.29 is 8.81 Å². The molecule has 0 aliphatic heterocycles. The highest BCUT2D eigenvalue weighted by Crippen LogP contribution is 2.29. The van der Waals surface area contributed by atoms with Crippen molar-refractivity contribution in [3.63, 3.8) is 0 Å². The maximum atomic E-state index is 13.5. The first-order valence-electron chi connectivity index (χ1n) is 4.63. The normalized spacial score (nSPS) is 12.8. The molecule has 0 amide bonds. The van der Waals surface area contributed by atoms with Gasteiger partial charge in [-0.05, 0) is 19.1 Å². The van der Waals surface area contributed by atoms with Gasteiger partial charge in [0.15, 0.2) is 0 Å². The zero-order valence-corrected chi connectivity index (χ0v) is 9.20. The second-order valence-corrected chi connectivity index (χ2v) is 3.74. The van der Waals surface area contributed by atoms with Crippen LogP contribution in [-0.4, -0.2) is 10.2 Å². The fourth-order valence-corrected chi connectivity index (χ4v) is 1.47. The first kappa shape index (κ1) is 11.0. The summed E-state index contributed by atoms with van der Waals surface area (Å²) in [6, 6.07) is 3.93. The molecule has 0 saturated carbocycles. The zero-order valence-electron chi connectivity index (χ0n) is 8.45. The van der Waals surface area contributed by atoms with Crippen molar-refractivity contribution in [1.82, 2.24) is 10.2 Å². The number of nitrogens with two attached hydrogens (primary N) is 1. The Morgan fingerprint density at radius 3 is 2.75 bits per heavy atom. The van der Waals surface area contributed by atoms with Crippen molar-refractivity contribution >= 4 is 11.6 Å². The molecule has 0 aliphatic carbocycles. The van der Waals surface area contributed by atoms with E-state index in [1.54, 1.807) is 13.0 Å². The number of aromatic nitrogens is 2. The molecule has 2 N–H and O–H groups in total. The zero-order chi connectivity index (χ0) is 11.7. The highest BCUT2D eigenvalue weighted by molar-refractivity contribution is 6.33. The molecule has 84 valence electrons. The van der Waals surface area contributed by atoms with Crippen LogP contribution in [0.3, 0.4) is 0 Å². The van der Waals surface area contributed by atoms with Gasteiger partial charge in [-0.1, -0.05) is 17.7 Å². The van der Waals surface area contributed by atoms with Gasteiger partial charge in [0.25, 0.3) is 5.89 Å². The number of hydrogen-bond acceptors (Lipinski definition) is 4. The first-order valence-corrected chi connectivity index (χ1v) is 5.00. The minimum atomic E-state index is -0.507. The fourth-order valence-electron chi connectivity index (χ4n) is 1.22. The van der Waals surface area contributed by atoms with Gasteiger partial charge in [0, 0.05) is 0 Å². The standard InChI is InChI=1S/C10H9ClFN3O/c1-5(13)9-14-15-10(16-9)8-6(11)3-2-4-7(8)12/h2-5H,13H2,1H3. The fraction of sp³-hybridized carbons (Fsp3) is 0.200. The quantitative estimate of drug-likeness (QED) is 0.878. The molecule has 0 spiro atoms. The van der Waals surface area contributed by atoms with E-state index in [2.05, 4.69) is 10.2 Å². The molecule has 0 fully saturated rings. The molecule has 16 heavy (non-hydrogen) atoms. The Balaban J connectivity index is 2.50. The van der Waals surface area contributed by atoms with E-state index in [1.807, 2.05) is 0 Å². The molecule has 0 aliphatic rings. The van der Waals surface area contributed by atoms with Crippen LogP contribution in [0.4, 0.5) is 4.39 Å². The van der Waals surface area contributed by atoms with Crippen LogP contribution in [0.25, 0.3) is 11.5 Å². The second kappa shape index (κ2) is 4.19. The summed E-state index contributed by atoms with van der Waals surface area (Å²) < 4.78 is 18.7. The lowest BCUT2D eigenvalue weighted by molar-refractivity contribution is 0.471. The van der Waals surface area contributed by atoms with Gasteiger partial charge in [-0.3, -0.25) is 0 Å². The lowest BCUT2D eigenvalue weighted by Crippen LogP contribution is -2.04. The van der Waals surface area contributed by atoms with E-state index >= 15 is 0 Å².